The van der Waals surface area contributed by atoms with Crippen LogP contribution in [0.3, 0.4) is 0 Å². The van der Waals surface area contributed by atoms with E-state index < -0.39 is 0 Å². The van der Waals surface area contributed by atoms with Gasteiger partial charge in [-0.25, -0.2) is 9.98 Å². The second-order valence-corrected chi connectivity index (χ2v) is 14.9. The molecule has 0 fully saturated rings. The van der Waals surface area contributed by atoms with Crippen molar-refractivity contribution < 1.29 is 0 Å². The van der Waals surface area contributed by atoms with E-state index in [1.165, 1.54) is 65.9 Å². The van der Waals surface area contributed by atoms with E-state index in [1.54, 1.807) is 0 Å². The van der Waals surface area contributed by atoms with Crippen LogP contribution in [-0.4, -0.2) is 27.5 Å². The molecule has 58 heavy (non-hydrogen) atoms. The number of aromatic nitrogens is 2. The first-order valence-corrected chi connectivity index (χ1v) is 19.7. The third kappa shape index (κ3) is 5.51. The zero-order chi connectivity index (χ0) is 38.6. The predicted octanol–water partition coefficient (Wildman–Crippen LogP) is 12.5. The highest BCUT2D eigenvalue weighted by atomic mass is 15.0. The molecule has 0 aliphatic heterocycles. The number of rotatable bonds is 6. The molecule has 0 atom stereocenters. The Morgan fingerprint density at radius 1 is 0.466 bits per heavy atom. The first-order valence-electron chi connectivity index (χ1n) is 19.7. The van der Waals surface area contributed by atoms with Crippen LogP contribution in [0.15, 0.2) is 203 Å². The van der Waals surface area contributed by atoms with Gasteiger partial charge in [0.2, 0.25) is 0 Å². The van der Waals surface area contributed by atoms with Gasteiger partial charge in [0.1, 0.15) is 0 Å². The normalized spacial score (nSPS) is 12.8. The van der Waals surface area contributed by atoms with Crippen molar-refractivity contribution in [3.63, 3.8) is 0 Å². The lowest BCUT2D eigenvalue weighted by atomic mass is 10.0. The van der Waals surface area contributed by atoms with Crippen molar-refractivity contribution in [2.45, 2.75) is 13.0 Å². The van der Waals surface area contributed by atoms with Gasteiger partial charge in [-0.05, 0) is 95.6 Å². The SMILES string of the molecule is C=NC(=NC(=NCc1ccccc1)c1ccccc1)c1ccc2c(c1)Cc1cc(-n3c4ccccc4c4c5c6ccccc6n(-c6ccccc6)c5ccc43)ccc1-2. The molecule has 8 aromatic carbocycles. The highest BCUT2D eigenvalue weighted by molar-refractivity contribution is 6.29. The highest BCUT2D eigenvalue weighted by Crippen LogP contribution is 2.44. The molecular weight excluding hydrogens is 707 g/mol. The van der Waals surface area contributed by atoms with E-state index in [1.807, 2.05) is 48.5 Å². The zero-order valence-corrected chi connectivity index (χ0v) is 31.8. The Morgan fingerprint density at radius 3 is 1.67 bits per heavy atom. The van der Waals surface area contributed by atoms with Gasteiger partial charge in [0.25, 0.3) is 0 Å². The summed E-state index contributed by atoms with van der Waals surface area (Å²) in [6, 6.07) is 66.7. The minimum Gasteiger partial charge on any atom is -0.309 e. The van der Waals surface area contributed by atoms with Gasteiger partial charge < -0.3 is 9.13 Å². The van der Waals surface area contributed by atoms with Crippen LogP contribution >= 0.6 is 0 Å². The average molecular weight is 744 g/mol. The summed E-state index contributed by atoms with van der Waals surface area (Å²) in [6.45, 7) is 4.46. The van der Waals surface area contributed by atoms with Gasteiger partial charge in [-0.1, -0.05) is 133 Å². The number of amidine groups is 2. The molecule has 0 spiro atoms. The summed E-state index contributed by atoms with van der Waals surface area (Å²) in [5.74, 6) is 1.19. The molecule has 0 radical (unpaired) electrons. The largest absolute Gasteiger partial charge is 0.309 e. The van der Waals surface area contributed by atoms with Crippen LogP contribution in [0.4, 0.5) is 0 Å². The molecule has 2 heterocycles. The molecule has 10 aromatic rings. The number of nitrogens with zero attached hydrogens (tertiary/aromatic N) is 5. The van der Waals surface area contributed by atoms with Gasteiger partial charge in [0.15, 0.2) is 11.7 Å². The Labute approximate surface area is 336 Å². The van der Waals surface area contributed by atoms with Crippen LogP contribution in [0.5, 0.6) is 0 Å². The quantitative estimate of drug-likeness (QED) is 0.120. The second kappa shape index (κ2) is 13.8. The standard InChI is InChI=1S/C53H37N5/c1-54-52(56-53(36-17-7-3-8-18-36)55-34-35-15-5-2-6-16-35)37-25-27-42-38(31-37)32-39-33-41(26-28-43(39)42)58-47-24-14-12-22-45(47)51-49(58)30-29-48-50(51)44-21-11-13-23-46(44)57(48)40-19-9-4-10-20-40/h2-31,33H,1,32,34H2. The molecule has 0 unspecified atom stereocenters. The summed E-state index contributed by atoms with van der Waals surface area (Å²) in [4.78, 5) is 14.4. The van der Waals surface area contributed by atoms with Crippen LogP contribution in [-0.2, 0) is 13.0 Å². The molecule has 5 heteroatoms. The smallest absolute Gasteiger partial charge is 0.161 e. The van der Waals surface area contributed by atoms with Gasteiger partial charge in [-0.15, -0.1) is 0 Å². The van der Waals surface area contributed by atoms with Gasteiger partial charge in [0.05, 0.1) is 28.6 Å². The Balaban J connectivity index is 0.997. The first kappa shape index (κ1) is 33.7. The minimum atomic E-state index is 0.523. The maximum Gasteiger partial charge on any atom is 0.161 e. The molecule has 274 valence electrons. The molecule has 11 rings (SSSR count). The number of fused-ring (bicyclic) bond motifs is 10. The molecule has 0 amide bonds. The number of aliphatic imine (C=N–C) groups is 3. The van der Waals surface area contributed by atoms with Crippen LogP contribution in [0.25, 0.3) is 66.1 Å². The van der Waals surface area contributed by atoms with E-state index in [2.05, 4.69) is 160 Å². The molecule has 2 aromatic heterocycles. The number of para-hydroxylation sites is 3. The summed E-state index contributed by atoms with van der Waals surface area (Å²) in [5.41, 5.74) is 15.2. The maximum absolute atomic E-state index is 5.02. The van der Waals surface area contributed by atoms with Crippen molar-refractivity contribution >= 4 is 62.0 Å². The zero-order valence-electron chi connectivity index (χ0n) is 31.8. The molecule has 1 aliphatic rings. The fraction of sp³-hybridized carbons (Fsp3) is 0.0377. The molecule has 0 saturated carbocycles. The lowest BCUT2D eigenvalue weighted by Gasteiger charge is -2.11. The summed E-state index contributed by atoms with van der Waals surface area (Å²) in [6.07, 6.45) is 0.816. The monoisotopic (exact) mass is 743 g/mol. The van der Waals surface area contributed by atoms with Crippen LogP contribution in [0.1, 0.15) is 27.8 Å². The van der Waals surface area contributed by atoms with Crippen molar-refractivity contribution in [3.05, 3.63) is 216 Å². The van der Waals surface area contributed by atoms with Crippen molar-refractivity contribution in [2.75, 3.05) is 0 Å². The van der Waals surface area contributed by atoms with Crippen molar-refractivity contribution in [3.8, 4) is 22.5 Å². The number of benzene rings is 8. The molecule has 1 aliphatic carbocycles. The van der Waals surface area contributed by atoms with E-state index in [9.17, 15) is 0 Å². The third-order valence-electron chi connectivity index (χ3n) is 11.5. The highest BCUT2D eigenvalue weighted by Gasteiger charge is 2.23. The van der Waals surface area contributed by atoms with Gasteiger partial charge in [-0.3, -0.25) is 4.99 Å². The summed E-state index contributed by atoms with van der Waals surface area (Å²) in [5, 5.41) is 5.06. The predicted molar refractivity (Wildman–Crippen MR) is 243 cm³/mol. The fourth-order valence-corrected chi connectivity index (χ4v) is 8.95. The molecule has 5 nitrogen and oxygen atoms in total. The lowest BCUT2D eigenvalue weighted by molar-refractivity contribution is 1.06. The van der Waals surface area contributed by atoms with Crippen molar-refractivity contribution in [1.82, 2.24) is 9.13 Å². The van der Waals surface area contributed by atoms with Crippen molar-refractivity contribution in [1.29, 1.82) is 0 Å². The maximum atomic E-state index is 5.02. The van der Waals surface area contributed by atoms with E-state index in [4.69, 9.17) is 9.98 Å². The Hall–Kier alpha value is -7.63. The Morgan fingerprint density at radius 2 is 1.02 bits per heavy atom. The van der Waals surface area contributed by atoms with E-state index in [-0.39, 0.29) is 0 Å². The molecule has 0 N–H and O–H groups in total. The number of hydrogen-bond acceptors (Lipinski definition) is 1. The van der Waals surface area contributed by atoms with E-state index in [0.29, 0.717) is 18.2 Å². The van der Waals surface area contributed by atoms with Crippen LogP contribution in [0.2, 0.25) is 0 Å². The van der Waals surface area contributed by atoms with E-state index in [0.717, 1.165) is 34.5 Å². The molecule has 0 saturated heterocycles. The molecular formula is C53H37N5. The first-order chi connectivity index (χ1) is 28.7. The average Bonchev–Trinajstić information content (AvgIpc) is 3.94. The van der Waals surface area contributed by atoms with Gasteiger partial charge in [-0.2, -0.15) is 0 Å². The van der Waals surface area contributed by atoms with Gasteiger partial charge >= 0.3 is 0 Å². The van der Waals surface area contributed by atoms with E-state index >= 15 is 0 Å². The summed E-state index contributed by atoms with van der Waals surface area (Å²) < 4.78 is 4.84. The van der Waals surface area contributed by atoms with Gasteiger partial charge in [0, 0.05) is 44.0 Å². The second-order valence-electron chi connectivity index (χ2n) is 14.9. The van der Waals surface area contributed by atoms with Crippen LogP contribution < -0.4 is 0 Å². The van der Waals surface area contributed by atoms with Crippen LogP contribution in [0, 0.1) is 0 Å². The Kier molecular flexibility index (Phi) is 8.04. The Bertz CT molecular complexity index is 3280. The molecule has 0 bridgehead atoms. The summed E-state index contributed by atoms with van der Waals surface area (Å²) >= 11 is 0. The summed E-state index contributed by atoms with van der Waals surface area (Å²) in [7, 11) is 0. The minimum absolute atomic E-state index is 0.523. The number of hydrogen-bond donors (Lipinski definition) is 0. The third-order valence-corrected chi connectivity index (χ3v) is 11.5. The fourth-order valence-electron chi connectivity index (χ4n) is 8.95. The lowest BCUT2D eigenvalue weighted by Crippen LogP contribution is -2.06. The topological polar surface area (TPSA) is 46.9 Å². The van der Waals surface area contributed by atoms with Crippen molar-refractivity contribution in [2.24, 2.45) is 15.0 Å².